The predicted molar refractivity (Wildman–Crippen MR) is 65.9 cm³/mol. The van der Waals surface area contributed by atoms with Gasteiger partial charge in [0.05, 0.1) is 15.6 Å². The molecule has 14 heavy (non-hydrogen) atoms. The Balaban J connectivity index is 2.12. The zero-order chi connectivity index (χ0) is 9.54. The van der Waals surface area contributed by atoms with Crippen LogP contribution in [0.2, 0.25) is 0 Å². The molecule has 0 aliphatic carbocycles. The molecule has 3 rings (SSSR count). The van der Waals surface area contributed by atoms with Crippen LogP contribution in [-0.2, 0) is 0 Å². The van der Waals surface area contributed by atoms with E-state index in [4.69, 9.17) is 0 Å². The van der Waals surface area contributed by atoms with E-state index in [-0.39, 0.29) is 0 Å². The average molecular weight is 284 g/mol. The second kappa shape index (κ2) is 3.29. The minimum atomic E-state index is 1.13. The van der Waals surface area contributed by atoms with E-state index in [0.717, 1.165) is 4.47 Å². The van der Waals surface area contributed by atoms with Gasteiger partial charge < -0.3 is 5.32 Å². The molecule has 0 saturated heterocycles. The molecule has 1 aliphatic rings. The van der Waals surface area contributed by atoms with Crippen molar-refractivity contribution in [3.05, 3.63) is 34.1 Å². The maximum absolute atomic E-state index is 3.48. The number of rotatable bonds is 0. The van der Waals surface area contributed by atoms with Gasteiger partial charge in [0.2, 0.25) is 0 Å². The van der Waals surface area contributed by atoms with Crippen LogP contribution in [0.4, 0.5) is 11.4 Å². The smallest absolute Gasteiger partial charge is 0.0882 e. The number of hydrogen-bond acceptors (Lipinski definition) is 3. The third kappa shape index (κ3) is 1.38. The lowest BCUT2D eigenvalue weighted by molar-refractivity contribution is 1.36. The summed E-state index contributed by atoms with van der Waals surface area (Å²) >= 11 is 7.09. The Morgan fingerprint density at radius 2 is 2.07 bits per heavy atom. The minimum Gasteiger partial charge on any atom is -0.353 e. The molecule has 1 aromatic carbocycles. The summed E-state index contributed by atoms with van der Waals surface area (Å²) in [6, 6.07) is 8.43. The van der Waals surface area contributed by atoms with Gasteiger partial charge in [0.1, 0.15) is 0 Å². The van der Waals surface area contributed by atoms with E-state index in [1.165, 1.54) is 20.5 Å². The highest BCUT2D eigenvalue weighted by molar-refractivity contribution is 9.10. The van der Waals surface area contributed by atoms with E-state index >= 15 is 0 Å². The van der Waals surface area contributed by atoms with Crippen molar-refractivity contribution in [3.8, 4) is 0 Å². The van der Waals surface area contributed by atoms with Crippen LogP contribution in [0.3, 0.4) is 0 Å². The first-order valence-corrected chi connectivity index (χ1v) is 6.64. The van der Waals surface area contributed by atoms with Crippen molar-refractivity contribution in [3.63, 3.8) is 0 Å². The Kier molecular flexibility index (Phi) is 2.08. The van der Waals surface area contributed by atoms with Crippen molar-refractivity contribution >= 4 is 50.4 Å². The van der Waals surface area contributed by atoms with Crippen LogP contribution < -0.4 is 5.32 Å². The molecule has 0 amide bonds. The SMILES string of the molecule is Brc1ccc2c(c1)Sc1sccc1N2. The van der Waals surface area contributed by atoms with E-state index in [9.17, 15) is 0 Å². The molecule has 2 aromatic rings. The summed E-state index contributed by atoms with van der Waals surface area (Å²) in [5, 5.41) is 5.53. The molecule has 0 spiro atoms. The van der Waals surface area contributed by atoms with Crippen LogP contribution in [-0.4, -0.2) is 0 Å². The van der Waals surface area contributed by atoms with Gasteiger partial charge in [0.25, 0.3) is 0 Å². The summed E-state index contributed by atoms with van der Waals surface area (Å²) in [5.41, 5.74) is 2.43. The van der Waals surface area contributed by atoms with Crippen molar-refractivity contribution in [1.29, 1.82) is 0 Å². The summed E-state index contributed by atoms with van der Waals surface area (Å²) < 4.78 is 2.47. The van der Waals surface area contributed by atoms with Gasteiger partial charge in [-0.2, -0.15) is 0 Å². The van der Waals surface area contributed by atoms with Crippen LogP contribution in [0, 0.1) is 0 Å². The largest absolute Gasteiger partial charge is 0.353 e. The summed E-state index contributed by atoms with van der Waals surface area (Å²) in [5.74, 6) is 0. The Bertz CT molecular complexity index is 493. The van der Waals surface area contributed by atoms with E-state index in [1.807, 2.05) is 11.8 Å². The van der Waals surface area contributed by atoms with E-state index < -0.39 is 0 Å². The molecule has 70 valence electrons. The van der Waals surface area contributed by atoms with Crippen LogP contribution in [0.5, 0.6) is 0 Å². The highest BCUT2D eigenvalue weighted by atomic mass is 79.9. The highest BCUT2D eigenvalue weighted by Crippen LogP contribution is 2.47. The monoisotopic (exact) mass is 283 g/mol. The van der Waals surface area contributed by atoms with Gasteiger partial charge in [-0.15, -0.1) is 11.3 Å². The number of benzene rings is 1. The molecule has 0 atom stereocenters. The van der Waals surface area contributed by atoms with Gasteiger partial charge in [-0.05, 0) is 29.6 Å². The first kappa shape index (κ1) is 8.83. The molecule has 1 aromatic heterocycles. The second-order valence-corrected chi connectivity index (χ2v) is 6.13. The van der Waals surface area contributed by atoms with Crippen LogP contribution in [0.15, 0.2) is 43.2 Å². The standard InChI is InChI=1S/C10H6BrNS2/c11-6-1-2-7-9(5-6)14-10-8(12-7)3-4-13-10/h1-5,12H. The van der Waals surface area contributed by atoms with Gasteiger partial charge in [-0.3, -0.25) is 0 Å². The van der Waals surface area contributed by atoms with E-state index in [1.54, 1.807) is 11.3 Å². The van der Waals surface area contributed by atoms with Crippen molar-refractivity contribution < 1.29 is 0 Å². The fourth-order valence-electron chi connectivity index (χ4n) is 1.40. The molecule has 1 N–H and O–H groups in total. The summed E-state index contributed by atoms with van der Waals surface area (Å²) in [6.07, 6.45) is 0. The lowest BCUT2D eigenvalue weighted by atomic mass is 10.3. The van der Waals surface area contributed by atoms with Gasteiger partial charge in [0.15, 0.2) is 0 Å². The van der Waals surface area contributed by atoms with Gasteiger partial charge >= 0.3 is 0 Å². The Morgan fingerprint density at radius 1 is 1.14 bits per heavy atom. The number of fused-ring (bicyclic) bond motifs is 2. The molecule has 1 nitrogen and oxygen atoms in total. The topological polar surface area (TPSA) is 12.0 Å². The quantitative estimate of drug-likeness (QED) is 0.641. The van der Waals surface area contributed by atoms with Crippen LogP contribution in [0.25, 0.3) is 0 Å². The molecule has 2 heterocycles. The molecule has 4 heteroatoms. The number of hydrogen-bond donors (Lipinski definition) is 1. The number of anilines is 2. The zero-order valence-corrected chi connectivity index (χ0v) is 10.3. The zero-order valence-electron chi connectivity index (χ0n) is 7.08. The second-order valence-electron chi connectivity index (χ2n) is 2.99. The average Bonchev–Trinajstić information content (AvgIpc) is 2.61. The highest BCUT2D eigenvalue weighted by Gasteiger charge is 2.16. The molecule has 0 bridgehead atoms. The molecular weight excluding hydrogens is 278 g/mol. The molecular formula is C10H6BrNS2. The van der Waals surface area contributed by atoms with Crippen molar-refractivity contribution in [1.82, 2.24) is 0 Å². The van der Waals surface area contributed by atoms with Gasteiger partial charge in [0, 0.05) is 9.37 Å². The number of nitrogens with one attached hydrogen (secondary N) is 1. The van der Waals surface area contributed by atoms with Gasteiger partial charge in [-0.25, -0.2) is 0 Å². The third-order valence-electron chi connectivity index (χ3n) is 2.05. The maximum atomic E-state index is 3.48. The summed E-state index contributed by atoms with van der Waals surface area (Å²) in [6.45, 7) is 0. The van der Waals surface area contributed by atoms with Crippen molar-refractivity contribution in [2.45, 2.75) is 9.10 Å². The molecule has 0 saturated carbocycles. The van der Waals surface area contributed by atoms with Crippen molar-refractivity contribution in [2.75, 3.05) is 5.32 Å². The maximum Gasteiger partial charge on any atom is 0.0882 e. The lowest BCUT2D eigenvalue weighted by Gasteiger charge is -2.17. The summed E-state index contributed by atoms with van der Waals surface area (Å²) in [4.78, 5) is 1.29. The first-order chi connectivity index (χ1) is 6.83. The third-order valence-corrected chi connectivity index (χ3v) is 4.75. The fourth-order valence-corrected chi connectivity index (χ4v) is 3.95. The Morgan fingerprint density at radius 3 is 3.00 bits per heavy atom. The van der Waals surface area contributed by atoms with E-state index in [0.29, 0.717) is 0 Å². The lowest BCUT2D eigenvalue weighted by Crippen LogP contribution is -1.96. The molecule has 0 radical (unpaired) electrons. The number of thiophene rings is 1. The molecule has 1 aliphatic heterocycles. The number of halogens is 1. The first-order valence-electron chi connectivity index (χ1n) is 4.15. The molecule has 0 unspecified atom stereocenters. The Labute approximate surface area is 98.7 Å². The summed E-state index contributed by atoms with van der Waals surface area (Å²) in [7, 11) is 0. The minimum absolute atomic E-state index is 1.13. The fraction of sp³-hybridized carbons (Fsp3) is 0. The van der Waals surface area contributed by atoms with Crippen LogP contribution >= 0.6 is 39.0 Å². The van der Waals surface area contributed by atoms with Crippen molar-refractivity contribution in [2.24, 2.45) is 0 Å². The normalized spacial score (nSPS) is 12.9. The molecule has 0 fully saturated rings. The predicted octanol–water partition coefficient (Wildman–Crippen LogP) is 4.72. The van der Waals surface area contributed by atoms with Crippen LogP contribution in [0.1, 0.15) is 0 Å². The van der Waals surface area contributed by atoms with Gasteiger partial charge in [-0.1, -0.05) is 27.7 Å². The van der Waals surface area contributed by atoms with E-state index in [2.05, 4.69) is 50.9 Å². The Hall–Kier alpha value is -0.450.